The van der Waals surface area contributed by atoms with Crippen LogP contribution in [-0.2, 0) is 6.54 Å². The van der Waals surface area contributed by atoms with Crippen LogP contribution in [0.3, 0.4) is 0 Å². The van der Waals surface area contributed by atoms with E-state index in [4.69, 9.17) is 15.2 Å². The zero-order chi connectivity index (χ0) is 12.3. The van der Waals surface area contributed by atoms with Crippen molar-refractivity contribution in [3.8, 4) is 11.5 Å². The van der Waals surface area contributed by atoms with Gasteiger partial charge in [0.25, 0.3) is 0 Å². The number of nitrogens with zero attached hydrogens (tertiary/aromatic N) is 1. The number of ether oxygens (including phenoxy) is 2. The van der Waals surface area contributed by atoms with Gasteiger partial charge in [0.2, 0.25) is 6.79 Å². The molecule has 4 heteroatoms. The first-order valence-electron chi connectivity index (χ1n) is 5.96. The maximum atomic E-state index is 5.62. The van der Waals surface area contributed by atoms with E-state index in [0.717, 1.165) is 31.1 Å². The van der Waals surface area contributed by atoms with Crippen molar-refractivity contribution in [1.29, 1.82) is 0 Å². The molecule has 1 aromatic rings. The fourth-order valence-electron chi connectivity index (χ4n) is 2.02. The van der Waals surface area contributed by atoms with Crippen molar-refractivity contribution in [2.75, 3.05) is 26.9 Å². The third kappa shape index (κ3) is 3.11. The Bertz CT molecular complexity index is 382. The summed E-state index contributed by atoms with van der Waals surface area (Å²) < 4.78 is 10.7. The Balaban J connectivity index is 1.94. The molecule has 94 valence electrons. The van der Waals surface area contributed by atoms with Crippen LogP contribution in [0, 0.1) is 5.92 Å². The van der Waals surface area contributed by atoms with Crippen LogP contribution in [0.1, 0.15) is 12.5 Å². The zero-order valence-corrected chi connectivity index (χ0v) is 10.5. The van der Waals surface area contributed by atoms with Crippen LogP contribution in [-0.4, -0.2) is 31.8 Å². The molecule has 4 nitrogen and oxygen atoms in total. The molecule has 1 aliphatic heterocycles. The molecule has 1 aromatic carbocycles. The van der Waals surface area contributed by atoms with Crippen molar-refractivity contribution in [3.63, 3.8) is 0 Å². The van der Waals surface area contributed by atoms with Gasteiger partial charge >= 0.3 is 0 Å². The van der Waals surface area contributed by atoms with Crippen LogP contribution in [0.25, 0.3) is 0 Å². The van der Waals surface area contributed by atoms with Crippen LogP contribution < -0.4 is 15.2 Å². The van der Waals surface area contributed by atoms with E-state index in [9.17, 15) is 0 Å². The predicted octanol–water partition coefficient (Wildman–Crippen LogP) is 1.44. The summed E-state index contributed by atoms with van der Waals surface area (Å²) in [5.41, 5.74) is 6.86. The van der Waals surface area contributed by atoms with Gasteiger partial charge in [-0.05, 0) is 37.2 Å². The maximum Gasteiger partial charge on any atom is 0.231 e. The summed E-state index contributed by atoms with van der Waals surface area (Å²) in [7, 11) is 2.11. The molecule has 0 radical (unpaired) electrons. The van der Waals surface area contributed by atoms with Crippen molar-refractivity contribution in [1.82, 2.24) is 4.90 Å². The Hall–Kier alpha value is -1.26. The van der Waals surface area contributed by atoms with Gasteiger partial charge < -0.3 is 20.1 Å². The molecule has 0 saturated carbocycles. The third-order valence-electron chi connectivity index (χ3n) is 2.92. The first-order chi connectivity index (χ1) is 8.19. The van der Waals surface area contributed by atoms with Crippen molar-refractivity contribution in [3.05, 3.63) is 23.8 Å². The zero-order valence-electron chi connectivity index (χ0n) is 10.5. The number of rotatable bonds is 5. The summed E-state index contributed by atoms with van der Waals surface area (Å²) in [6.07, 6.45) is 0. The topological polar surface area (TPSA) is 47.7 Å². The van der Waals surface area contributed by atoms with Gasteiger partial charge in [-0.15, -0.1) is 0 Å². The number of fused-ring (bicyclic) bond motifs is 1. The largest absolute Gasteiger partial charge is 0.454 e. The number of nitrogens with two attached hydrogens (primary N) is 1. The molecule has 1 heterocycles. The molecule has 0 aliphatic carbocycles. The first kappa shape index (κ1) is 12.2. The van der Waals surface area contributed by atoms with Crippen molar-refractivity contribution in [2.45, 2.75) is 13.5 Å². The molecule has 17 heavy (non-hydrogen) atoms. The standard InChI is InChI=1S/C13H20N2O2/c1-10(6-14)7-15(2)8-11-3-4-12-13(5-11)17-9-16-12/h3-5,10H,6-9,14H2,1-2H3. The van der Waals surface area contributed by atoms with Gasteiger partial charge in [-0.1, -0.05) is 13.0 Å². The quantitative estimate of drug-likeness (QED) is 0.840. The monoisotopic (exact) mass is 236 g/mol. The lowest BCUT2D eigenvalue weighted by atomic mass is 10.1. The van der Waals surface area contributed by atoms with Gasteiger partial charge in [0.15, 0.2) is 11.5 Å². The highest BCUT2D eigenvalue weighted by atomic mass is 16.7. The molecular formula is C13H20N2O2. The van der Waals surface area contributed by atoms with E-state index in [1.807, 2.05) is 12.1 Å². The molecule has 0 saturated heterocycles. The number of hydrogen-bond donors (Lipinski definition) is 1. The number of hydrogen-bond acceptors (Lipinski definition) is 4. The molecule has 2 rings (SSSR count). The van der Waals surface area contributed by atoms with E-state index in [1.54, 1.807) is 0 Å². The third-order valence-corrected chi connectivity index (χ3v) is 2.92. The predicted molar refractivity (Wildman–Crippen MR) is 67.1 cm³/mol. The highest BCUT2D eigenvalue weighted by Crippen LogP contribution is 2.32. The fraction of sp³-hybridized carbons (Fsp3) is 0.538. The van der Waals surface area contributed by atoms with Gasteiger partial charge in [0, 0.05) is 13.1 Å². The van der Waals surface area contributed by atoms with E-state index in [0.29, 0.717) is 12.7 Å². The molecule has 0 aromatic heterocycles. The average Bonchev–Trinajstić information content (AvgIpc) is 2.75. The van der Waals surface area contributed by atoms with Crippen molar-refractivity contribution in [2.24, 2.45) is 11.7 Å². The minimum Gasteiger partial charge on any atom is -0.454 e. The van der Waals surface area contributed by atoms with Crippen molar-refractivity contribution < 1.29 is 9.47 Å². The Morgan fingerprint density at radius 1 is 1.35 bits per heavy atom. The van der Waals surface area contributed by atoms with Crippen LogP contribution >= 0.6 is 0 Å². The lowest BCUT2D eigenvalue weighted by Crippen LogP contribution is -2.28. The Labute approximate surface area is 102 Å². The highest BCUT2D eigenvalue weighted by Gasteiger charge is 2.14. The molecule has 0 fully saturated rings. The van der Waals surface area contributed by atoms with Gasteiger partial charge in [0.05, 0.1) is 0 Å². The van der Waals surface area contributed by atoms with Gasteiger partial charge in [-0.3, -0.25) is 0 Å². The van der Waals surface area contributed by atoms with E-state index < -0.39 is 0 Å². The molecular weight excluding hydrogens is 216 g/mol. The molecule has 1 atom stereocenters. The van der Waals surface area contributed by atoms with Crippen LogP contribution in [0.4, 0.5) is 0 Å². The van der Waals surface area contributed by atoms with Crippen LogP contribution in [0.2, 0.25) is 0 Å². The fourth-order valence-corrected chi connectivity index (χ4v) is 2.02. The normalized spacial score (nSPS) is 15.3. The van der Waals surface area contributed by atoms with Gasteiger partial charge in [-0.25, -0.2) is 0 Å². The summed E-state index contributed by atoms with van der Waals surface area (Å²) in [5.74, 6) is 2.21. The van der Waals surface area contributed by atoms with Gasteiger partial charge in [-0.2, -0.15) is 0 Å². The highest BCUT2D eigenvalue weighted by molar-refractivity contribution is 5.44. The van der Waals surface area contributed by atoms with E-state index in [1.165, 1.54) is 5.56 Å². The maximum absolute atomic E-state index is 5.62. The number of benzene rings is 1. The van der Waals surface area contributed by atoms with Gasteiger partial charge in [0.1, 0.15) is 0 Å². The van der Waals surface area contributed by atoms with E-state index in [2.05, 4.69) is 24.9 Å². The van der Waals surface area contributed by atoms with Crippen LogP contribution in [0.5, 0.6) is 11.5 Å². The molecule has 0 bridgehead atoms. The first-order valence-corrected chi connectivity index (χ1v) is 5.96. The average molecular weight is 236 g/mol. The second-order valence-corrected chi connectivity index (χ2v) is 4.73. The minimum atomic E-state index is 0.332. The Morgan fingerprint density at radius 2 is 2.12 bits per heavy atom. The molecule has 2 N–H and O–H groups in total. The van der Waals surface area contributed by atoms with Crippen molar-refractivity contribution >= 4 is 0 Å². The van der Waals surface area contributed by atoms with E-state index >= 15 is 0 Å². The lowest BCUT2D eigenvalue weighted by molar-refractivity contribution is 0.174. The van der Waals surface area contributed by atoms with Crippen LogP contribution in [0.15, 0.2) is 18.2 Å². The summed E-state index contributed by atoms with van der Waals surface area (Å²) in [6.45, 7) is 5.13. The second kappa shape index (κ2) is 5.38. The summed E-state index contributed by atoms with van der Waals surface area (Å²) in [4.78, 5) is 2.27. The summed E-state index contributed by atoms with van der Waals surface area (Å²) in [5, 5.41) is 0. The minimum absolute atomic E-state index is 0.332. The molecule has 1 aliphatic rings. The summed E-state index contributed by atoms with van der Waals surface area (Å²) >= 11 is 0. The smallest absolute Gasteiger partial charge is 0.231 e. The molecule has 0 amide bonds. The SMILES string of the molecule is CC(CN)CN(C)Cc1ccc2c(c1)OCO2. The second-order valence-electron chi connectivity index (χ2n) is 4.73. The lowest BCUT2D eigenvalue weighted by Gasteiger charge is -2.20. The van der Waals surface area contributed by atoms with E-state index in [-0.39, 0.29) is 0 Å². The summed E-state index contributed by atoms with van der Waals surface area (Å²) in [6, 6.07) is 6.10. The Kier molecular flexibility index (Phi) is 3.86. The Morgan fingerprint density at radius 3 is 2.88 bits per heavy atom. The molecule has 0 spiro atoms. The molecule has 1 unspecified atom stereocenters.